The van der Waals surface area contributed by atoms with E-state index in [0.29, 0.717) is 0 Å². The quantitative estimate of drug-likeness (QED) is 0.292. The summed E-state index contributed by atoms with van der Waals surface area (Å²) in [5.41, 5.74) is 5.25. The molecule has 0 saturated carbocycles. The molecular formula is C6H12NNa2O8P. The van der Waals surface area contributed by atoms with Gasteiger partial charge in [0.15, 0.2) is 6.29 Å². The van der Waals surface area contributed by atoms with E-state index in [1.807, 2.05) is 0 Å². The molecule has 0 bridgehead atoms. The van der Waals surface area contributed by atoms with Gasteiger partial charge in [0, 0.05) is 0 Å². The van der Waals surface area contributed by atoms with Gasteiger partial charge in [0.05, 0.1) is 20.5 Å². The van der Waals surface area contributed by atoms with Crippen molar-refractivity contribution in [2.75, 3.05) is 6.61 Å². The zero-order valence-corrected chi connectivity index (χ0v) is 14.9. The molecule has 0 amide bonds. The first kappa shape index (κ1) is 22.2. The predicted molar refractivity (Wildman–Crippen MR) is 44.4 cm³/mol. The number of ether oxygens (including phenoxy) is 1. The Morgan fingerprint density at radius 2 is 1.72 bits per heavy atom. The summed E-state index contributed by atoms with van der Waals surface area (Å²) in [7, 11) is -5.20. The first-order chi connectivity index (χ1) is 7.22. The number of aliphatic hydroxyl groups excluding tert-OH is 3. The third-order valence-electron chi connectivity index (χ3n) is 2.17. The van der Waals surface area contributed by atoms with Crippen molar-refractivity contribution >= 4 is 7.82 Å². The second-order valence-corrected chi connectivity index (χ2v) is 4.52. The Morgan fingerprint density at radius 1 is 1.22 bits per heavy atom. The molecular weight excluding hydrogens is 291 g/mol. The SMILES string of the molecule is N[C@H]1C(O)O[C@H](COP(=O)([O-])[O-])[C@@H](O)[C@@H]1O.[Na+].[Na+]. The fourth-order valence-electron chi connectivity index (χ4n) is 1.27. The van der Waals surface area contributed by atoms with Crippen molar-refractivity contribution in [2.24, 2.45) is 5.73 Å². The van der Waals surface area contributed by atoms with Crippen LogP contribution in [0.5, 0.6) is 0 Å². The van der Waals surface area contributed by atoms with Gasteiger partial charge in [-0.2, -0.15) is 0 Å². The van der Waals surface area contributed by atoms with Crippen molar-refractivity contribution in [3.8, 4) is 0 Å². The normalized spacial score (nSPS) is 36.4. The Hall–Kier alpha value is 1.91. The third kappa shape index (κ3) is 6.57. The van der Waals surface area contributed by atoms with Crippen LogP contribution in [0.4, 0.5) is 0 Å². The maximum absolute atomic E-state index is 10.2. The third-order valence-corrected chi connectivity index (χ3v) is 2.63. The van der Waals surface area contributed by atoms with Gasteiger partial charge >= 0.3 is 59.1 Å². The van der Waals surface area contributed by atoms with Crippen LogP contribution in [0.15, 0.2) is 0 Å². The molecule has 0 aromatic carbocycles. The van der Waals surface area contributed by atoms with Gasteiger partial charge in [-0.3, -0.25) is 0 Å². The number of aliphatic hydroxyl groups is 3. The molecule has 5 atom stereocenters. The standard InChI is InChI=1S/C6H14NO8P.2Na/c7-3-5(9)4(8)2(15-6(3)10)1-14-16(11,12)13;;/h2-6,8-10H,1,7H2,(H2,11,12,13);;/q;2*+1/p-2/t2-,3-,4-,5-,6?;;/m1../s1. The molecule has 0 aromatic rings. The first-order valence-corrected chi connectivity index (χ1v) is 5.80. The Kier molecular flexibility index (Phi) is 11.1. The molecule has 9 nitrogen and oxygen atoms in total. The molecule has 18 heavy (non-hydrogen) atoms. The molecule has 1 fully saturated rings. The number of phosphoric ester groups is 1. The van der Waals surface area contributed by atoms with E-state index in [1.165, 1.54) is 0 Å². The summed E-state index contributed by atoms with van der Waals surface area (Å²) in [6, 6.07) is -1.22. The second kappa shape index (κ2) is 9.04. The van der Waals surface area contributed by atoms with Crippen molar-refractivity contribution in [3.05, 3.63) is 0 Å². The molecule has 12 heteroatoms. The number of hydrogen-bond donors (Lipinski definition) is 4. The van der Waals surface area contributed by atoms with Crippen LogP contribution in [0.25, 0.3) is 0 Å². The number of phosphoric acid groups is 1. The van der Waals surface area contributed by atoms with E-state index in [0.717, 1.165) is 0 Å². The molecule has 1 saturated heterocycles. The Morgan fingerprint density at radius 3 is 2.17 bits per heavy atom. The summed E-state index contributed by atoms with van der Waals surface area (Å²) >= 11 is 0. The van der Waals surface area contributed by atoms with Crippen LogP contribution in [0, 0.1) is 0 Å². The Balaban J connectivity index is 0. The fourth-order valence-corrected chi connectivity index (χ4v) is 1.60. The molecule has 0 aromatic heterocycles. The molecule has 1 unspecified atom stereocenters. The van der Waals surface area contributed by atoms with Gasteiger partial charge in [-0.1, -0.05) is 0 Å². The monoisotopic (exact) mass is 303 g/mol. The zero-order chi connectivity index (χ0) is 12.5. The summed E-state index contributed by atoms with van der Waals surface area (Å²) in [5.74, 6) is 0. The molecule has 1 aliphatic rings. The maximum Gasteiger partial charge on any atom is 1.00 e. The van der Waals surface area contributed by atoms with Gasteiger partial charge in [-0.05, 0) is 0 Å². The van der Waals surface area contributed by atoms with E-state index in [2.05, 4.69) is 9.26 Å². The molecule has 0 spiro atoms. The first-order valence-electron chi connectivity index (χ1n) is 4.34. The van der Waals surface area contributed by atoms with Gasteiger partial charge in [0.1, 0.15) is 18.3 Å². The number of nitrogens with two attached hydrogens (primary N) is 1. The van der Waals surface area contributed by atoms with Gasteiger partial charge in [-0.15, -0.1) is 0 Å². The van der Waals surface area contributed by atoms with Crippen molar-refractivity contribution < 1.29 is 98.0 Å². The molecule has 1 heterocycles. The van der Waals surface area contributed by atoms with Crippen LogP contribution in [-0.4, -0.2) is 52.6 Å². The summed E-state index contributed by atoms with van der Waals surface area (Å²) in [6.45, 7) is -0.799. The van der Waals surface area contributed by atoms with Crippen LogP contribution >= 0.6 is 7.82 Å². The summed E-state index contributed by atoms with van der Waals surface area (Å²) in [4.78, 5) is 20.3. The van der Waals surface area contributed by atoms with E-state index in [4.69, 9.17) is 10.8 Å². The molecule has 96 valence electrons. The average molecular weight is 303 g/mol. The Bertz CT molecular complexity index is 291. The smallest absolute Gasteiger partial charge is 0.790 e. The summed E-state index contributed by atoms with van der Waals surface area (Å²) in [5, 5.41) is 27.9. The predicted octanol–water partition coefficient (Wildman–Crippen LogP) is -10.4. The summed E-state index contributed by atoms with van der Waals surface area (Å²) < 4.78 is 18.7. The molecule has 5 N–H and O–H groups in total. The van der Waals surface area contributed by atoms with E-state index in [9.17, 15) is 24.6 Å². The maximum atomic E-state index is 10.2. The molecule has 0 aliphatic carbocycles. The molecule has 0 radical (unpaired) electrons. The van der Waals surface area contributed by atoms with Gasteiger partial charge in [0.25, 0.3) is 0 Å². The van der Waals surface area contributed by atoms with Crippen LogP contribution in [0.1, 0.15) is 0 Å². The summed E-state index contributed by atoms with van der Waals surface area (Å²) in [6.07, 6.45) is -5.98. The fraction of sp³-hybridized carbons (Fsp3) is 1.00. The second-order valence-electron chi connectivity index (χ2n) is 3.37. The van der Waals surface area contributed by atoms with Crippen molar-refractivity contribution in [1.82, 2.24) is 0 Å². The average Bonchev–Trinajstić information content (AvgIpc) is 2.17. The number of hydrogen-bond acceptors (Lipinski definition) is 9. The molecule has 1 rings (SSSR count). The topological polar surface area (TPSA) is 168 Å². The van der Waals surface area contributed by atoms with E-state index < -0.39 is 45.1 Å². The minimum atomic E-state index is -5.20. The van der Waals surface area contributed by atoms with Crippen molar-refractivity contribution in [2.45, 2.75) is 30.6 Å². The minimum absolute atomic E-state index is 0. The zero-order valence-electron chi connectivity index (χ0n) is 10.0. The van der Waals surface area contributed by atoms with Gasteiger partial charge in [0.2, 0.25) is 0 Å². The Labute approximate surface area is 147 Å². The van der Waals surface area contributed by atoms with E-state index in [1.54, 1.807) is 0 Å². The van der Waals surface area contributed by atoms with Gasteiger partial charge in [-0.25, -0.2) is 0 Å². The van der Waals surface area contributed by atoms with Crippen LogP contribution < -0.4 is 74.6 Å². The van der Waals surface area contributed by atoms with Crippen LogP contribution in [0.3, 0.4) is 0 Å². The molecule has 1 aliphatic heterocycles. The van der Waals surface area contributed by atoms with E-state index >= 15 is 0 Å². The van der Waals surface area contributed by atoms with Crippen LogP contribution in [-0.2, 0) is 13.8 Å². The van der Waals surface area contributed by atoms with E-state index in [-0.39, 0.29) is 59.1 Å². The number of rotatable bonds is 3. The largest absolute Gasteiger partial charge is 1.00 e. The van der Waals surface area contributed by atoms with Crippen LogP contribution in [0.2, 0.25) is 0 Å². The van der Waals surface area contributed by atoms with Crippen molar-refractivity contribution in [1.29, 1.82) is 0 Å². The van der Waals surface area contributed by atoms with Crippen molar-refractivity contribution in [3.63, 3.8) is 0 Å². The van der Waals surface area contributed by atoms with Gasteiger partial charge < -0.3 is 44.7 Å². The minimum Gasteiger partial charge on any atom is -0.790 e.